The molecule has 114 valence electrons. The number of alkyl halides is 3. The average Bonchev–Trinajstić information content (AvgIpc) is 2.41. The molecule has 1 heterocycles. The summed E-state index contributed by atoms with van der Waals surface area (Å²) in [5.41, 5.74) is -1.75. The van der Waals surface area contributed by atoms with Gasteiger partial charge in [0.15, 0.2) is 0 Å². The zero-order chi connectivity index (χ0) is 16.0. The highest BCUT2D eigenvalue weighted by Crippen LogP contribution is 2.30. The monoisotopic (exact) mass is 320 g/mol. The molecule has 0 aliphatic rings. The molecule has 0 aliphatic carbocycles. The van der Waals surface area contributed by atoms with Crippen LogP contribution in [0.2, 0.25) is 0 Å². The van der Waals surface area contributed by atoms with E-state index >= 15 is 0 Å². The molecule has 0 saturated heterocycles. The van der Waals surface area contributed by atoms with Crippen LogP contribution in [0, 0.1) is 0 Å². The zero-order valence-corrected chi connectivity index (χ0v) is 11.8. The van der Waals surface area contributed by atoms with Gasteiger partial charge >= 0.3 is 6.18 Å². The summed E-state index contributed by atoms with van der Waals surface area (Å²) >= 11 is 0. The Morgan fingerprint density at radius 3 is 2.38 bits per heavy atom. The number of hydrogen-bond donors (Lipinski definition) is 1. The fourth-order valence-corrected chi connectivity index (χ4v) is 2.80. The summed E-state index contributed by atoms with van der Waals surface area (Å²) in [6.45, 7) is 0. The maximum Gasteiger partial charge on any atom is 0.416 e. The second kappa shape index (κ2) is 4.85. The highest BCUT2D eigenvalue weighted by Gasteiger charge is 2.31. The van der Waals surface area contributed by atoms with Crippen molar-refractivity contribution < 1.29 is 21.6 Å². The number of sulfonamides is 1. The summed E-state index contributed by atoms with van der Waals surface area (Å²) in [5, 5.41) is -0.0955. The maximum absolute atomic E-state index is 12.7. The third-order valence-electron chi connectivity index (χ3n) is 3.04. The van der Waals surface area contributed by atoms with Crippen molar-refractivity contribution in [3.05, 3.63) is 40.2 Å². The number of pyridine rings is 1. The van der Waals surface area contributed by atoms with Crippen LogP contribution >= 0.6 is 0 Å². The molecule has 0 amide bonds. The second-order valence-electron chi connectivity index (χ2n) is 4.37. The minimum atomic E-state index is -4.54. The lowest BCUT2D eigenvalue weighted by atomic mass is 10.1. The van der Waals surface area contributed by atoms with Gasteiger partial charge in [-0.15, -0.1) is 0 Å². The minimum Gasteiger partial charge on any atom is -0.349 e. The van der Waals surface area contributed by atoms with E-state index in [0.717, 1.165) is 31.4 Å². The van der Waals surface area contributed by atoms with Gasteiger partial charge in [0, 0.05) is 18.6 Å². The van der Waals surface area contributed by atoms with E-state index in [4.69, 9.17) is 0 Å². The maximum atomic E-state index is 12.7. The predicted octanol–water partition coefficient (Wildman–Crippen LogP) is 1.47. The first-order chi connectivity index (χ1) is 9.58. The molecular weight excluding hydrogens is 309 g/mol. The zero-order valence-electron chi connectivity index (χ0n) is 11.0. The predicted molar refractivity (Wildman–Crippen MR) is 70.4 cm³/mol. The normalized spacial score (nSPS) is 12.8. The Morgan fingerprint density at radius 1 is 1.24 bits per heavy atom. The molecule has 2 aromatic rings. The molecule has 0 saturated carbocycles. The summed E-state index contributed by atoms with van der Waals surface area (Å²) in [4.78, 5) is 11.6. The van der Waals surface area contributed by atoms with Gasteiger partial charge in [0.25, 0.3) is 0 Å². The van der Waals surface area contributed by atoms with E-state index in [1.165, 1.54) is 11.6 Å². The van der Waals surface area contributed by atoms with Gasteiger partial charge in [0.2, 0.25) is 15.5 Å². The number of benzene rings is 1. The number of fused-ring (bicyclic) bond motifs is 1. The fourth-order valence-electron chi connectivity index (χ4n) is 1.93. The number of hydrogen-bond acceptors (Lipinski definition) is 3. The number of rotatable bonds is 2. The molecular formula is C12H11F3N2O3S. The van der Waals surface area contributed by atoms with Crippen molar-refractivity contribution in [2.45, 2.75) is 11.1 Å². The molecule has 0 unspecified atom stereocenters. The van der Waals surface area contributed by atoms with Crippen molar-refractivity contribution in [3.63, 3.8) is 0 Å². The van der Waals surface area contributed by atoms with Gasteiger partial charge in [-0.2, -0.15) is 13.2 Å². The molecule has 0 atom stereocenters. The Balaban J connectivity index is 2.86. The molecule has 21 heavy (non-hydrogen) atoms. The molecule has 0 fully saturated rings. The van der Waals surface area contributed by atoms with Crippen LogP contribution in [0.3, 0.4) is 0 Å². The molecule has 0 radical (unpaired) electrons. The van der Waals surface area contributed by atoms with Crippen molar-refractivity contribution in [2.24, 2.45) is 7.05 Å². The number of nitrogens with zero attached hydrogens (tertiary/aromatic N) is 1. The smallest absolute Gasteiger partial charge is 0.349 e. The Labute approximate surface area is 118 Å². The van der Waals surface area contributed by atoms with E-state index in [-0.39, 0.29) is 10.9 Å². The summed E-state index contributed by atoms with van der Waals surface area (Å²) in [6.07, 6.45) is -3.55. The van der Waals surface area contributed by atoms with Crippen LogP contribution in [0.25, 0.3) is 10.9 Å². The first kappa shape index (κ1) is 15.5. The summed E-state index contributed by atoms with van der Waals surface area (Å²) in [5.74, 6) is 0. The molecule has 0 aliphatic heterocycles. The molecule has 1 aromatic heterocycles. The topological polar surface area (TPSA) is 68.2 Å². The summed E-state index contributed by atoms with van der Waals surface area (Å²) < 4.78 is 64.7. The lowest BCUT2D eigenvalue weighted by Crippen LogP contribution is -2.26. The first-order valence-corrected chi connectivity index (χ1v) is 7.20. The summed E-state index contributed by atoms with van der Waals surface area (Å²) in [7, 11) is -1.47. The Hall–Kier alpha value is -1.87. The van der Waals surface area contributed by atoms with Crippen LogP contribution in [0.4, 0.5) is 13.2 Å². The number of aryl methyl sites for hydroxylation is 1. The quantitative estimate of drug-likeness (QED) is 0.911. The van der Waals surface area contributed by atoms with Gasteiger partial charge in [-0.1, -0.05) is 0 Å². The van der Waals surface area contributed by atoms with Crippen LogP contribution in [0.1, 0.15) is 5.56 Å². The van der Waals surface area contributed by atoms with Crippen molar-refractivity contribution in [3.8, 4) is 0 Å². The van der Waals surface area contributed by atoms with Crippen LogP contribution in [0.15, 0.2) is 34.1 Å². The lowest BCUT2D eigenvalue weighted by molar-refractivity contribution is -0.137. The molecule has 9 heteroatoms. The third kappa shape index (κ3) is 2.66. The molecule has 1 aromatic carbocycles. The van der Waals surface area contributed by atoms with E-state index in [0.29, 0.717) is 0 Å². The van der Waals surface area contributed by atoms with Crippen molar-refractivity contribution in [2.75, 3.05) is 7.05 Å². The summed E-state index contributed by atoms with van der Waals surface area (Å²) in [6, 6.07) is 2.54. The van der Waals surface area contributed by atoms with Crippen LogP contribution in [-0.2, 0) is 23.2 Å². The average molecular weight is 320 g/mol. The van der Waals surface area contributed by atoms with E-state index in [1.807, 2.05) is 4.72 Å². The highest BCUT2D eigenvalue weighted by atomic mass is 32.2. The second-order valence-corrected chi connectivity index (χ2v) is 6.23. The Kier molecular flexibility index (Phi) is 3.58. The third-order valence-corrected chi connectivity index (χ3v) is 4.45. The minimum absolute atomic E-state index is 0.00452. The molecule has 0 spiro atoms. The highest BCUT2D eigenvalue weighted by molar-refractivity contribution is 7.89. The van der Waals surface area contributed by atoms with E-state index in [9.17, 15) is 26.4 Å². The molecule has 1 N–H and O–H groups in total. The number of aromatic nitrogens is 1. The molecule has 0 bridgehead atoms. The van der Waals surface area contributed by atoms with E-state index in [1.54, 1.807) is 0 Å². The largest absolute Gasteiger partial charge is 0.416 e. The standard InChI is InChI=1S/C12H11F3N2O3S/c1-16-21(19,20)10-6-17(2)9-5-7(12(13,14)15)3-4-8(9)11(10)18/h3-6,16H,1-2H3. The van der Waals surface area contributed by atoms with Gasteiger partial charge in [-0.3, -0.25) is 4.79 Å². The number of halogens is 3. The van der Waals surface area contributed by atoms with Crippen LogP contribution in [-0.4, -0.2) is 20.0 Å². The van der Waals surface area contributed by atoms with Gasteiger partial charge < -0.3 is 4.57 Å². The Morgan fingerprint density at radius 2 is 1.86 bits per heavy atom. The van der Waals surface area contributed by atoms with Crippen molar-refractivity contribution >= 4 is 20.9 Å². The van der Waals surface area contributed by atoms with Gasteiger partial charge in [-0.25, -0.2) is 13.1 Å². The lowest BCUT2D eigenvalue weighted by Gasteiger charge is -2.12. The first-order valence-electron chi connectivity index (χ1n) is 5.72. The van der Waals surface area contributed by atoms with Crippen molar-refractivity contribution in [1.82, 2.24) is 9.29 Å². The van der Waals surface area contributed by atoms with Crippen LogP contribution < -0.4 is 10.2 Å². The van der Waals surface area contributed by atoms with Gasteiger partial charge in [0.1, 0.15) is 4.90 Å². The SMILES string of the molecule is CNS(=O)(=O)c1cn(C)c2cc(C(F)(F)F)ccc2c1=O. The fraction of sp³-hybridized carbons (Fsp3) is 0.250. The Bertz CT molecular complexity index is 870. The van der Waals surface area contributed by atoms with Gasteiger partial charge in [-0.05, 0) is 25.2 Å². The van der Waals surface area contributed by atoms with Crippen LogP contribution in [0.5, 0.6) is 0 Å². The van der Waals surface area contributed by atoms with Gasteiger partial charge in [0.05, 0.1) is 11.1 Å². The van der Waals surface area contributed by atoms with E-state index < -0.39 is 32.1 Å². The van der Waals surface area contributed by atoms with E-state index in [2.05, 4.69) is 0 Å². The molecule has 5 nitrogen and oxygen atoms in total. The molecule has 2 rings (SSSR count). The number of nitrogens with one attached hydrogen (secondary N) is 1. The van der Waals surface area contributed by atoms with Crippen molar-refractivity contribution in [1.29, 1.82) is 0 Å².